The molecule has 0 atom stereocenters. The van der Waals surface area contributed by atoms with Crippen molar-refractivity contribution in [3.8, 4) is 22.3 Å². The standard InChI is InChI=1S/C43H31NS/c1-43(2)38-19-8-6-17-33(38)36-26-32(22-23-39(36)43)44(31-16-10-14-29(24-31)28-12-4-3-5-13-28)40-20-11-15-30-25-37-34-18-7-9-21-41(34)45-42(37)27-35(30)40/h3-27H,1-2H3. The summed E-state index contributed by atoms with van der Waals surface area (Å²) in [7, 11) is 0. The third kappa shape index (κ3) is 4.06. The molecule has 0 spiro atoms. The molecule has 7 aromatic carbocycles. The van der Waals surface area contributed by atoms with Gasteiger partial charge in [-0.25, -0.2) is 0 Å². The lowest BCUT2D eigenvalue weighted by molar-refractivity contribution is 0.660. The number of hydrogen-bond acceptors (Lipinski definition) is 2. The van der Waals surface area contributed by atoms with Gasteiger partial charge in [-0.05, 0) is 87.3 Å². The Bertz CT molecular complexity index is 2410. The number of fused-ring (bicyclic) bond motifs is 7. The van der Waals surface area contributed by atoms with E-state index >= 15 is 0 Å². The van der Waals surface area contributed by atoms with E-state index in [1.54, 1.807) is 0 Å². The lowest BCUT2D eigenvalue weighted by Crippen LogP contribution is -2.15. The highest BCUT2D eigenvalue weighted by atomic mass is 32.1. The van der Waals surface area contributed by atoms with Gasteiger partial charge in [0.15, 0.2) is 0 Å². The Hall–Kier alpha value is -5.18. The molecular formula is C43H31NS. The van der Waals surface area contributed by atoms with Crippen LogP contribution in [0.5, 0.6) is 0 Å². The number of thiophene rings is 1. The maximum absolute atomic E-state index is 2.46. The maximum Gasteiger partial charge on any atom is 0.0540 e. The first-order valence-corrected chi connectivity index (χ1v) is 16.4. The molecule has 45 heavy (non-hydrogen) atoms. The predicted octanol–water partition coefficient (Wildman–Crippen LogP) is 12.7. The molecule has 0 bridgehead atoms. The SMILES string of the molecule is CC1(C)c2ccccc2-c2cc(N(c3cccc(-c4ccccc4)c3)c3cccc4cc5c(cc34)sc3ccccc35)ccc21. The summed E-state index contributed by atoms with van der Waals surface area (Å²) >= 11 is 1.88. The molecule has 0 unspecified atom stereocenters. The second-order valence-electron chi connectivity index (χ2n) is 12.6. The van der Waals surface area contributed by atoms with Crippen molar-refractivity contribution in [2.75, 3.05) is 4.90 Å². The normalized spacial score (nSPS) is 13.3. The van der Waals surface area contributed by atoms with Gasteiger partial charge in [0.25, 0.3) is 0 Å². The molecule has 214 valence electrons. The molecule has 8 aromatic rings. The molecule has 1 aliphatic carbocycles. The third-order valence-corrected chi connectivity index (χ3v) is 10.8. The molecule has 0 radical (unpaired) electrons. The summed E-state index contributed by atoms with van der Waals surface area (Å²) in [6.45, 7) is 4.69. The van der Waals surface area contributed by atoms with E-state index in [-0.39, 0.29) is 5.41 Å². The van der Waals surface area contributed by atoms with Crippen molar-refractivity contribution in [2.45, 2.75) is 19.3 Å². The van der Waals surface area contributed by atoms with Crippen LogP contribution in [0.4, 0.5) is 17.1 Å². The molecule has 1 heterocycles. The first-order chi connectivity index (χ1) is 22.1. The highest BCUT2D eigenvalue weighted by Gasteiger charge is 2.35. The fraction of sp³-hybridized carbons (Fsp3) is 0.0698. The van der Waals surface area contributed by atoms with Crippen molar-refractivity contribution in [2.24, 2.45) is 0 Å². The molecule has 0 aliphatic heterocycles. The highest BCUT2D eigenvalue weighted by molar-refractivity contribution is 7.25. The molecule has 0 amide bonds. The number of benzene rings is 7. The number of hydrogen-bond donors (Lipinski definition) is 0. The summed E-state index contributed by atoms with van der Waals surface area (Å²) in [6, 6.07) is 55.9. The van der Waals surface area contributed by atoms with Gasteiger partial charge in [-0.2, -0.15) is 0 Å². The van der Waals surface area contributed by atoms with Crippen LogP contribution in [0, 0.1) is 0 Å². The van der Waals surface area contributed by atoms with E-state index in [9.17, 15) is 0 Å². The van der Waals surface area contributed by atoms with E-state index in [1.165, 1.54) is 70.0 Å². The quantitative estimate of drug-likeness (QED) is 0.196. The Balaban J connectivity index is 1.31. The average molecular weight is 594 g/mol. The van der Waals surface area contributed by atoms with E-state index in [0.29, 0.717) is 0 Å². The van der Waals surface area contributed by atoms with Crippen LogP contribution in [-0.2, 0) is 5.41 Å². The lowest BCUT2D eigenvalue weighted by atomic mass is 9.82. The molecule has 1 nitrogen and oxygen atoms in total. The van der Waals surface area contributed by atoms with Crippen LogP contribution < -0.4 is 4.90 Å². The van der Waals surface area contributed by atoms with E-state index in [1.807, 2.05) is 11.3 Å². The van der Waals surface area contributed by atoms with Crippen molar-refractivity contribution in [1.29, 1.82) is 0 Å². The maximum atomic E-state index is 2.46. The monoisotopic (exact) mass is 593 g/mol. The highest BCUT2D eigenvalue weighted by Crippen LogP contribution is 2.51. The zero-order chi connectivity index (χ0) is 30.1. The van der Waals surface area contributed by atoms with Gasteiger partial charge in [-0.15, -0.1) is 11.3 Å². The van der Waals surface area contributed by atoms with Gasteiger partial charge in [0, 0.05) is 42.3 Å². The van der Waals surface area contributed by atoms with Gasteiger partial charge in [0.1, 0.15) is 0 Å². The second-order valence-corrected chi connectivity index (χ2v) is 13.7. The molecule has 0 saturated heterocycles. The molecule has 0 N–H and O–H groups in total. The minimum Gasteiger partial charge on any atom is -0.310 e. The summed E-state index contributed by atoms with van der Waals surface area (Å²) in [6.07, 6.45) is 0. The summed E-state index contributed by atoms with van der Waals surface area (Å²) in [5.41, 5.74) is 11.3. The van der Waals surface area contributed by atoms with Crippen LogP contribution in [0.2, 0.25) is 0 Å². The van der Waals surface area contributed by atoms with Gasteiger partial charge in [0.05, 0.1) is 5.69 Å². The molecule has 1 aromatic heterocycles. The van der Waals surface area contributed by atoms with Gasteiger partial charge in [-0.1, -0.05) is 117 Å². The lowest BCUT2D eigenvalue weighted by Gasteiger charge is -2.28. The van der Waals surface area contributed by atoms with Crippen molar-refractivity contribution in [3.05, 3.63) is 163 Å². The van der Waals surface area contributed by atoms with E-state index in [2.05, 4.69) is 170 Å². The van der Waals surface area contributed by atoms with E-state index < -0.39 is 0 Å². The van der Waals surface area contributed by atoms with Crippen LogP contribution in [0.15, 0.2) is 152 Å². The zero-order valence-electron chi connectivity index (χ0n) is 25.3. The summed E-state index contributed by atoms with van der Waals surface area (Å²) in [5.74, 6) is 0. The average Bonchev–Trinajstić information content (AvgIpc) is 3.56. The largest absolute Gasteiger partial charge is 0.310 e. The van der Waals surface area contributed by atoms with E-state index in [0.717, 1.165) is 11.4 Å². The van der Waals surface area contributed by atoms with Gasteiger partial charge in [0.2, 0.25) is 0 Å². The molecule has 0 saturated carbocycles. The minimum atomic E-state index is -0.0330. The third-order valence-electron chi connectivity index (χ3n) is 9.63. The molecule has 2 heteroatoms. The zero-order valence-corrected chi connectivity index (χ0v) is 26.1. The van der Waals surface area contributed by atoms with Crippen molar-refractivity contribution in [1.82, 2.24) is 0 Å². The fourth-order valence-corrected chi connectivity index (χ4v) is 8.53. The van der Waals surface area contributed by atoms with Crippen LogP contribution in [-0.4, -0.2) is 0 Å². The van der Waals surface area contributed by atoms with Crippen molar-refractivity contribution < 1.29 is 0 Å². The summed E-state index contributed by atoms with van der Waals surface area (Å²) < 4.78 is 2.65. The van der Waals surface area contributed by atoms with Crippen molar-refractivity contribution >= 4 is 59.3 Å². The first kappa shape index (κ1) is 26.2. The molecule has 0 fully saturated rings. The van der Waals surface area contributed by atoms with Gasteiger partial charge in [-0.3, -0.25) is 0 Å². The summed E-state index contributed by atoms with van der Waals surface area (Å²) in [5, 5.41) is 5.16. The Labute approximate surface area is 267 Å². The Morgan fingerprint density at radius 1 is 0.467 bits per heavy atom. The smallest absolute Gasteiger partial charge is 0.0540 e. The number of rotatable bonds is 4. The molecular weight excluding hydrogens is 563 g/mol. The predicted molar refractivity (Wildman–Crippen MR) is 195 cm³/mol. The van der Waals surface area contributed by atoms with Crippen LogP contribution in [0.1, 0.15) is 25.0 Å². The number of nitrogens with zero attached hydrogens (tertiary/aromatic N) is 1. The van der Waals surface area contributed by atoms with Crippen molar-refractivity contribution in [3.63, 3.8) is 0 Å². The first-order valence-electron chi connectivity index (χ1n) is 15.6. The van der Waals surface area contributed by atoms with E-state index in [4.69, 9.17) is 0 Å². The van der Waals surface area contributed by atoms with Crippen LogP contribution >= 0.6 is 11.3 Å². The van der Waals surface area contributed by atoms with Gasteiger partial charge >= 0.3 is 0 Å². The van der Waals surface area contributed by atoms with Gasteiger partial charge < -0.3 is 4.90 Å². The summed E-state index contributed by atoms with van der Waals surface area (Å²) in [4.78, 5) is 2.46. The number of anilines is 3. The Morgan fingerprint density at radius 2 is 1.20 bits per heavy atom. The minimum absolute atomic E-state index is 0.0330. The molecule has 9 rings (SSSR count). The Morgan fingerprint density at radius 3 is 2.11 bits per heavy atom. The van der Waals surface area contributed by atoms with Crippen LogP contribution in [0.25, 0.3) is 53.2 Å². The Kier molecular flexibility index (Phi) is 5.78. The van der Waals surface area contributed by atoms with Crippen LogP contribution in [0.3, 0.4) is 0 Å². The molecule has 1 aliphatic rings. The fourth-order valence-electron chi connectivity index (χ4n) is 7.41. The topological polar surface area (TPSA) is 3.24 Å². The second kappa shape index (κ2) is 9.92.